The van der Waals surface area contributed by atoms with E-state index in [4.69, 9.17) is 21.4 Å². The van der Waals surface area contributed by atoms with Gasteiger partial charge in [0, 0.05) is 16.1 Å². The third-order valence-corrected chi connectivity index (χ3v) is 4.61. The summed E-state index contributed by atoms with van der Waals surface area (Å²) in [5, 5.41) is 16.3. The van der Waals surface area contributed by atoms with Gasteiger partial charge in [-0.1, -0.05) is 18.5 Å². The van der Waals surface area contributed by atoms with Gasteiger partial charge in [0.1, 0.15) is 5.82 Å². The molecule has 0 bridgehead atoms. The van der Waals surface area contributed by atoms with Crippen molar-refractivity contribution in [2.45, 2.75) is 25.4 Å². The van der Waals surface area contributed by atoms with Gasteiger partial charge in [-0.3, -0.25) is 4.79 Å². The number of aromatic nitrogens is 2. The van der Waals surface area contributed by atoms with Crippen molar-refractivity contribution in [3.05, 3.63) is 70.3 Å². The standard InChI is InChI=1S/C20H14ClF4N3O2/c1-2-13(19-28-27-18(30-19)10-3-5-11(21)6-4-10)16(26)17(29)14-9-12(22)7-8-15(14)20(23,24)25/h3-9,13,26H,2H2,1H3. The van der Waals surface area contributed by atoms with Crippen molar-refractivity contribution in [1.29, 1.82) is 5.41 Å². The first-order valence-corrected chi connectivity index (χ1v) is 9.08. The van der Waals surface area contributed by atoms with Gasteiger partial charge >= 0.3 is 6.18 Å². The van der Waals surface area contributed by atoms with Crippen LogP contribution in [-0.4, -0.2) is 21.7 Å². The summed E-state index contributed by atoms with van der Waals surface area (Å²) in [6, 6.07) is 8.01. The van der Waals surface area contributed by atoms with Gasteiger partial charge in [-0.05, 0) is 48.9 Å². The SMILES string of the molecule is CCC(C(=N)C(=O)c1cc(F)ccc1C(F)(F)F)c1nnc(-c2ccc(Cl)cc2)o1. The number of carbonyl (C=O) groups excluding carboxylic acids is 1. The number of nitrogens with one attached hydrogen (secondary N) is 1. The lowest BCUT2D eigenvalue weighted by molar-refractivity contribution is -0.137. The zero-order valence-electron chi connectivity index (χ0n) is 15.4. The van der Waals surface area contributed by atoms with Gasteiger partial charge in [-0.25, -0.2) is 4.39 Å². The maximum atomic E-state index is 13.5. The topological polar surface area (TPSA) is 79.8 Å². The minimum atomic E-state index is -4.88. The fraction of sp³-hybridized carbons (Fsp3) is 0.200. The van der Waals surface area contributed by atoms with E-state index in [0.29, 0.717) is 28.8 Å². The highest BCUT2D eigenvalue weighted by atomic mass is 35.5. The molecule has 0 saturated heterocycles. The second-order valence-electron chi connectivity index (χ2n) is 6.34. The van der Waals surface area contributed by atoms with E-state index in [2.05, 4.69) is 10.2 Å². The molecule has 1 atom stereocenters. The first kappa shape index (κ1) is 21.6. The van der Waals surface area contributed by atoms with Gasteiger partial charge in [-0.15, -0.1) is 10.2 Å². The summed E-state index contributed by atoms with van der Waals surface area (Å²) in [7, 11) is 0. The molecule has 3 rings (SSSR count). The lowest BCUT2D eigenvalue weighted by Crippen LogP contribution is -2.25. The second kappa shape index (κ2) is 8.35. The van der Waals surface area contributed by atoms with Crippen molar-refractivity contribution >= 4 is 23.1 Å². The number of benzene rings is 2. The molecular formula is C20H14ClF4N3O2. The predicted octanol–water partition coefficient (Wildman–Crippen LogP) is 5.94. The van der Waals surface area contributed by atoms with E-state index in [1.165, 1.54) is 0 Å². The summed E-state index contributed by atoms with van der Waals surface area (Å²) >= 11 is 5.83. The summed E-state index contributed by atoms with van der Waals surface area (Å²) in [5.41, 5.74) is -2.43. The van der Waals surface area contributed by atoms with Crippen LogP contribution in [0.15, 0.2) is 46.9 Å². The number of alkyl halides is 3. The largest absolute Gasteiger partial charge is 0.420 e. The molecule has 0 spiro atoms. The van der Waals surface area contributed by atoms with Crippen LogP contribution >= 0.6 is 11.6 Å². The van der Waals surface area contributed by atoms with Gasteiger partial charge < -0.3 is 9.83 Å². The fourth-order valence-electron chi connectivity index (χ4n) is 2.84. The highest BCUT2D eigenvalue weighted by molar-refractivity contribution is 6.46. The Balaban J connectivity index is 1.93. The number of hydrogen-bond acceptors (Lipinski definition) is 5. The van der Waals surface area contributed by atoms with E-state index >= 15 is 0 Å². The molecule has 3 aromatic rings. The molecule has 1 unspecified atom stereocenters. The van der Waals surface area contributed by atoms with Crippen molar-refractivity contribution in [3.63, 3.8) is 0 Å². The molecule has 156 valence electrons. The van der Waals surface area contributed by atoms with Crippen molar-refractivity contribution in [2.75, 3.05) is 0 Å². The maximum absolute atomic E-state index is 13.5. The third kappa shape index (κ3) is 4.40. The van der Waals surface area contributed by atoms with Crippen LogP contribution in [0.4, 0.5) is 17.6 Å². The normalized spacial score (nSPS) is 12.6. The first-order valence-electron chi connectivity index (χ1n) is 8.71. The molecule has 2 aromatic carbocycles. The van der Waals surface area contributed by atoms with Crippen LogP contribution in [-0.2, 0) is 6.18 Å². The molecule has 0 amide bonds. The highest BCUT2D eigenvalue weighted by Gasteiger charge is 2.37. The molecule has 0 aliphatic carbocycles. The van der Waals surface area contributed by atoms with Crippen molar-refractivity contribution in [3.8, 4) is 11.5 Å². The minimum Gasteiger partial charge on any atom is -0.420 e. The van der Waals surface area contributed by atoms with Crippen LogP contribution in [0.3, 0.4) is 0 Å². The molecule has 1 aromatic heterocycles. The number of nitrogens with zero attached hydrogens (tertiary/aromatic N) is 2. The average Bonchev–Trinajstić information content (AvgIpc) is 3.17. The van der Waals surface area contributed by atoms with E-state index in [0.717, 1.165) is 0 Å². The zero-order chi connectivity index (χ0) is 22.1. The monoisotopic (exact) mass is 439 g/mol. The molecule has 5 nitrogen and oxygen atoms in total. The number of Topliss-reactive ketones (excluding diaryl/α,β-unsaturated/α-hetero) is 1. The maximum Gasteiger partial charge on any atom is 0.417 e. The van der Waals surface area contributed by atoms with Crippen LogP contribution in [0.1, 0.15) is 41.1 Å². The van der Waals surface area contributed by atoms with Crippen LogP contribution < -0.4 is 0 Å². The Morgan fingerprint density at radius 2 is 1.83 bits per heavy atom. The quantitative estimate of drug-likeness (QED) is 0.292. The van der Waals surface area contributed by atoms with Crippen LogP contribution in [0.5, 0.6) is 0 Å². The Kier molecular flexibility index (Phi) is 6.02. The summed E-state index contributed by atoms with van der Waals surface area (Å²) < 4.78 is 58.8. The van der Waals surface area contributed by atoms with Gasteiger partial charge in [0.25, 0.3) is 0 Å². The van der Waals surface area contributed by atoms with Crippen molar-refractivity contribution < 1.29 is 26.8 Å². The predicted molar refractivity (Wildman–Crippen MR) is 101 cm³/mol. The molecule has 0 aliphatic heterocycles. The van der Waals surface area contributed by atoms with Gasteiger partial charge in [0.05, 0.1) is 17.2 Å². The summed E-state index contributed by atoms with van der Waals surface area (Å²) in [5.74, 6) is -3.35. The second-order valence-corrected chi connectivity index (χ2v) is 6.78. The number of halogens is 5. The summed E-state index contributed by atoms with van der Waals surface area (Å²) in [6.45, 7) is 1.61. The summed E-state index contributed by atoms with van der Waals surface area (Å²) in [4.78, 5) is 12.7. The van der Waals surface area contributed by atoms with Crippen molar-refractivity contribution in [2.24, 2.45) is 0 Å². The fourth-order valence-corrected chi connectivity index (χ4v) is 2.97. The molecule has 1 N–H and O–H groups in total. The van der Waals surface area contributed by atoms with Crippen LogP contribution in [0.25, 0.3) is 11.5 Å². The lowest BCUT2D eigenvalue weighted by Gasteiger charge is -2.15. The van der Waals surface area contributed by atoms with Gasteiger partial charge in [0.15, 0.2) is 0 Å². The van der Waals surface area contributed by atoms with Crippen molar-refractivity contribution in [1.82, 2.24) is 10.2 Å². The Bertz CT molecular complexity index is 1090. The third-order valence-electron chi connectivity index (χ3n) is 4.36. The average molecular weight is 440 g/mol. The highest BCUT2D eigenvalue weighted by Crippen LogP contribution is 2.34. The van der Waals surface area contributed by atoms with Crippen LogP contribution in [0, 0.1) is 11.2 Å². The van der Waals surface area contributed by atoms with Gasteiger partial charge in [-0.2, -0.15) is 13.2 Å². The van der Waals surface area contributed by atoms with E-state index in [1.807, 2.05) is 0 Å². The number of rotatable bonds is 6. The Hall–Kier alpha value is -3.07. The van der Waals surface area contributed by atoms with E-state index in [9.17, 15) is 22.4 Å². The van der Waals surface area contributed by atoms with E-state index in [1.54, 1.807) is 31.2 Å². The smallest absolute Gasteiger partial charge is 0.417 e. The molecule has 0 radical (unpaired) electrons. The molecule has 1 heterocycles. The summed E-state index contributed by atoms with van der Waals surface area (Å²) in [6.07, 6.45) is -4.75. The molecule has 0 fully saturated rings. The minimum absolute atomic E-state index is 0.0992. The molecule has 30 heavy (non-hydrogen) atoms. The Morgan fingerprint density at radius 3 is 2.43 bits per heavy atom. The Labute approximate surface area is 173 Å². The zero-order valence-corrected chi connectivity index (χ0v) is 16.2. The molecular weight excluding hydrogens is 426 g/mol. The van der Waals surface area contributed by atoms with Crippen LogP contribution in [0.2, 0.25) is 5.02 Å². The number of hydrogen-bond donors (Lipinski definition) is 1. The molecule has 0 saturated carbocycles. The lowest BCUT2D eigenvalue weighted by atomic mass is 9.91. The molecule has 0 aliphatic rings. The Morgan fingerprint density at radius 1 is 1.17 bits per heavy atom. The number of ketones is 1. The number of carbonyl (C=O) groups is 1. The molecule has 10 heteroatoms. The van der Waals surface area contributed by atoms with Gasteiger partial charge in [0.2, 0.25) is 17.6 Å². The van der Waals surface area contributed by atoms with E-state index in [-0.39, 0.29) is 18.2 Å². The first-order chi connectivity index (χ1) is 14.1. The van der Waals surface area contributed by atoms with E-state index < -0.39 is 40.5 Å².